The minimum absolute atomic E-state index is 0.538. The van der Waals surface area contributed by atoms with Crippen LogP contribution in [0.2, 0.25) is 0 Å². The van der Waals surface area contributed by atoms with E-state index < -0.39 is 0 Å². The number of ether oxygens (including phenoxy) is 1. The fourth-order valence-electron chi connectivity index (χ4n) is 2.81. The molecule has 2 fully saturated rings. The second-order valence-corrected chi connectivity index (χ2v) is 4.69. The van der Waals surface area contributed by atoms with Gasteiger partial charge >= 0.3 is 0 Å². The lowest BCUT2D eigenvalue weighted by molar-refractivity contribution is -0.00808. The lowest BCUT2D eigenvalue weighted by Crippen LogP contribution is -2.38. The molecule has 0 aromatic rings. The monoisotopic (exact) mass is 197 g/mol. The molecule has 2 aliphatic heterocycles. The second kappa shape index (κ2) is 5.13. The van der Waals surface area contributed by atoms with Crippen molar-refractivity contribution in [2.24, 2.45) is 0 Å². The Kier molecular flexibility index (Phi) is 3.82. The van der Waals surface area contributed by atoms with Gasteiger partial charge in [-0.15, -0.1) is 0 Å². The molecule has 0 aromatic carbocycles. The van der Waals surface area contributed by atoms with Crippen molar-refractivity contribution in [1.82, 2.24) is 4.90 Å². The Bertz CT molecular complexity index is 166. The molecule has 2 aliphatic rings. The second-order valence-electron chi connectivity index (χ2n) is 4.69. The molecule has 2 rings (SSSR count). The van der Waals surface area contributed by atoms with Gasteiger partial charge in [0.15, 0.2) is 0 Å². The first-order chi connectivity index (χ1) is 6.90. The van der Waals surface area contributed by atoms with Crippen LogP contribution in [0.3, 0.4) is 0 Å². The maximum Gasteiger partial charge on any atom is 0.0702 e. The molecule has 0 aliphatic carbocycles. The van der Waals surface area contributed by atoms with E-state index in [1.54, 1.807) is 0 Å². The van der Waals surface area contributed by atoms with Crippen LogP contribution in [0.1, 0.15) is 45.4 Å². The van der Waals surface area contributed by atoms with Crippen LogP contribution in [0, 0.1) is 0 Å². The Morgan fingerprint density at radius 1 is 1.21 bits per heavy atom. The lowest BCUT2D eigenvalue weighted by Gasteiger charge is -2.30. The predicted molar refractivity (Wildman–Crippen MR) is 58.5 cm³/mol. The van der Waals surface area contributed by atoms with Crippen molar-refractivity contribution in [2.45, 2.75) is 57.6 Å². The molecule has 82 valence electrons. The summed E-state index contributed by atoms with van der Waals surface area (Å²) in [4.78, 5) is 2.65. The number of rotatable bonds is 3. The van der Waals surface area contributed by atoms with Crippen LogP contribution >= 0.6 is 0 Å². The SMILES string of the molecule is CCC1CCCN1CC1CCCCO1. The highest BCUT2D eigenvalue weighted by atomic mass is 16.5. The molecule has 0 N–H and O–H groups in total. The highest BCUT2D eigenvalue weighted by molar-refractivity contribution is 4.80. The van der Waals surface area contributed by atoms with Crippen molar-refractivity contribution in [3.63, 3.8) is 0 Å². The van der Waals surface area contributed by atoms with Crippen molar-refractivity contribution in [3.8, 4) is 0 Å². The number of likely N-dealkylation sites (tertiary alicyclic amines) is 1. The molecular weight excluding hydrogens is 174 g/mol. The zero-order chi connectivity index (χ0) is 9.80. The first-order valence-electron chi connectivity index (χ1n) is 6.26. The number of hydrogen-bond donors (Lipinski definition) is 0. The summed E-state index contributed by atoms with van der Waals surface area (Å²) in [6.45, 7) is 5.80. The first-order valence-corrected chi connectivity index (χ1v) is 6.26. The molecule has 0 aromatic heterocycles. The van der Waals surface area contributed by atoms with Gasteiger partial charge in [-0.2, -0.15) is 0 Å². The average molecular weight is 197 g/mol. The predicted octanol–water partition coefficient (Wildman–Crippen LogP) is 2.43. The summed E-state index contributed by atoms with van der Waals surface area (Å²) in [5.74, 6) is 0. The Hall–Kier alpha value is -0.0800. The van der Waals surface area contributed by atoms with Crippen molar-refractivity contribution in [1.29, 1.82) is 0 Å². The molecule has 0 radical (unpaired) electrons. The largest absolute Gasteiger partial charge is 0.377 e. The molecule has 0 saturated carbocycles. The molecule has 2 saturated heterocycles. The summed E-state index contributed by atoms with van der Waals surface area (Å²) < 4.78 is 5.79. The van der Waals surface area contributed by atoms with E-state index in [4.69, 9.17) is 4.74 Å². The van der Waals surface area contributed by atoms with Crippen LogP contribution in [0.5, 0.6) is 0 Å². The molecule has 14 heavy (non-hydrogen) atoms. The van der Waals surface area contributed by atoms with E-state index in [9.17, 15) is 0 Å². The molecule has 2 heteroatoms. The van der Waals surface area contributed by atoms with Crippen LogP contribution in [0.4, 0.5) is 0 Å². The number of hydrogen-bond acceptors (Lipinski definition) is 2. The normalized spacial score (nSPS) is 34.9. The maximum absolute atomic E-state index is 5.79. The molecule has 0 bridgehead atoms. The fraction of sp³-hybridized carbons (Fsp3) is 1.00. The van der Waals surface area contributed by atoms with Crippen molar-refractivity contribution < 1.29 is 4.74 Å². The zero-order valence-electron chi connectivity index (χ0n) is 9.37. The summed E-state index contributed by atoms with van der Waals surface area (Å²) in [6.07, 6.45) is 8.58. The van der Waals surface area contributed by atoms with Crippen molar-refractivity contribution in [2.75, 3.05) is 19.7 Å². The van der Waals surface area contributed by atoms with E-state index in [0.29, 0.717) is 6.10 Å². The first kappa shape index (κ1) is 10.4. The molecule has 0 spiro atoms. The van der Waals surface area contributed by atoms with Crippen LogP contribution in [0.15, 0.2) is 0 Å². The smallest absolute Gasteiger partial charge is 0.0702 e. The third kappa shape index (κ3) is 2.48. The summed E-state index contributed by atoms with van der Waals surface area (Å²) in [6, 6.07) is 0.848. The van der Waals surface area contributed by atoms with Gasteiger partial charge < -0.3 is 4.74 Å². The van der Waals surface area contributed by atoms with E-state index in [1.165, 1.54) is 51.6 Å². The quantitative estimate of drug-likeness (QED) is 0.689. The Morgan fingerprint density at radius 3 is 2.86 bits per heavy atom. The van der Waals surface area contributed by atoms with E-state index in [2.05, 4.69) is 11.8 Å². The molecule has 2 nitrogen and oxygen atoms in total. The third-order valence-electron chi connectivity index (χ3n) is 3.68. The molecule has 2 heterocycles. The van der Waals surface area contributed by atoms with Gasteiger partial charge in [-0.1, -0.05) is 6.92 Å². The standard InChI is InChI=1S/C12H23NO/c1-2-11-6-5-8-13(11)10-12-7-3-4-9-14-12/h11-12H,2-10H2,1H3. The van der Waals surface area contributed by atoms with Gasteiger partial charge in [-0.05, 0) is 45.1 Å². The summed E-state index contributed by atoms with van der Waals surface area (Å²) in [7, 11) is 0. The van der Waals surface area contributed by atoms with E-state index in [1.807, 2.05) is 0 Å². The number of nitrogens with zero attached hydrogens (tertiary/aromatic N) is 1. The van der Waals surface area contributed by atoms with Gasteiger partial charge in [-0.3, -0.25) is 4.90 Å². The molecule has 0 amide bonds. The highest BCUT2D eigenvalue weighted by Gasteiger charge is 2.26. The Balaban J connectivity index is 1.77. The topological polar surface area (TPSA) is 12.5 Å². The molecular formula is C12H23NO. The van der Waals surface area contributed by atoms with Crippen LogP contribution in [-0.2, 0) is 4.74 Å². The summed E-state index contributed by atoms with van der Waals surface area (Å²) in [5.41, 5.74) is 0. The zero-order valence-corrected chi connectivity index (χ0v) is 9.37. The van der Waals surface area contributed by atoms with E-state index >= 15 is 0 Å². The Morgan fingerprint density at radius 2 is 2.14 bits per heavy atom. The minimum atomic E-state index is 0.538. The Labute approximate surface area is 87.6 Å². The van der Waals surface area contributed by atoms with E-state index in [-0.39, 0.29) is 0 Å². The van der Waals surface area contributed by atoms with Gasteiger partial charge in [0, 0.05) is 19.2 Å². The fourth-order valence-corrected chi connectivity index (χ4v) is 2.81. The van der Waals surface area contributed by atoms with Crippen molar-refractivity contribution >= 4 is 0 Å². The van der Waals surface area contributed by atoms with Crippen LogP contribution in [0.25, 0.3) is 0 Å². The van der Waals surface area contributed by atoms with Gasteiger partial charge in [0.2, 0.25) is 0 Å². The maximum atomic E-state index is 5.79. The van der Waals surface area contributed by atoms with Crippen LogP contribution < -0.4 is 0 Å². The average Bonchev–Trinajstić information content (AvgIpc) is 2.67. The van der Waals surface area contributed by atoms with Gasteiger partial charge in [0.1, 0.15) is 0 Å². The highest BCUT2D eigenvalue weighted by Crippen LogP contribution is 2.22. The lowest BCUT2D eigenvalue weighted by atomic mass is 10.1. The summed E-state index contributed by atoms with van der Waals surface area (Å²) >= 11 is 0. The third-order valence-corrected chi connectivity index (χ3v) is 3.68. The van der Waals surface area contributed by atoms with Gasteiger partial charge in [0.25, 0.3) is 0 Å². The van der Waals surface area contributed by atoms with Gasteiger partial charge in [-0.25, -0.2) is 0 Å². The van der Waals surface area contributed by atoms with E-state index in [0.717, 1.165) is 12.6 Å². The summed E-state index contributed by atoms with van der Waals surface area (Å²) in [5, 5.41) is 0. The molecule has 2 atom stereocenters. The van der Waals surface area contributed by atoms with Crippen molar-refractivity contribution in [3.05, 3.63) is 0 Å². The molecule has 2 unspecified atom stereocenters. The van der Waals surface area contributed by atoms with Gasteiger partial charge in [0.05, 0.1) is 6.10 Å². The minimum Gasteiger partial charge on any atom is -0.377 e. The van der Waals surface area contributed by atoms with Crippen LogP contribution in [-0.4, -0.2) is 36.7 Å².